The van der Waals surface area contributed by atoms with Crippen LogP contribution in [0.2, 0.25) is 0 Å². The largest absolute Gasteiger partial charge is 0.462 e. The van der Waals surface area contributed by atoms with E-state index in [1.807, 2.05) is 18.2 Å². The highest BCUT2D eigenvalue weighted by Crippen LogP contribution is 2.25. The van der Waals surface area contributed by atoms with Crippen molar-refractivity contribution in [2.75, 3.05) is 0 Å². The van der Waals surface area contributed by atoms with Gasteiger partial charge in [-0.1, -0.05) is 30.3 Å². The maximum atomic E-state index is 11.5. The number of hydrogen-bond acceptors (Lipinski definition) is 4. The first-order chi connectivity index (χ1) is 10.7. The van der Waals surface area contributed by atoms with Crippen LogP contribution in [0.25, 0.3) is 0 Å². The molecule has 1 fully saturated rings. The average molecular weight is 300 g/mol. The lowest BCUT2D eigenvalue weighted by molar-refractivity contribution is -0.156. The molecular weight excluding hydrogens is 276 g/mol. The number of benzene rings is 1. The van der Waals surface area contributed by atoms with Crippen LogP contribution >= 0.6 is 0 Å². The van der Waals surface area contributed by atoms with Gasteiger partial charge in [0.15, 0.2) is 0 Å². The van der Waals surface area contributed by atoms with E-state index in [-0.39, 0.29) is 18.0 Å². The van der Waals surface area contributed by atoms with E-state index in [2.05, 4.69) is 23.8 Å². The number of ether oxygens (including phenoxy) is 1. The topological polar surface area (TPSA) is 64.7 Å². The van der Waals surface area contributed by atoms with Crippen LogP contribution in [-0.2, 0) is 16.0 Å². The minimum absolute atomic E-state index is 0.0624. The third kappa shape index (κ3) is 5.02. The highest BCUT2D eigenvalue weighted by Gasteiger charge is 2.26. The van der Waals surface area contributed by atoms with Crippen LogP contribution in [-0.4, -0.2) is 18.3 Å². The van der Waals surface area contributed by atoms with Crippen LogP contribution in [0.1, 0.15) is 43.2 Å². The number of unbranched alkanes of at least 4 members (excludes halogenated alkanes) is 1. The fourth-order valence-corrected chi connectivity index (χ4v) is 2.83. The molecule has 1 heterocycles. The van der Waals surface area contributed by atoms with Gasteiger partial charge < -0.3 is 10.6 Å². The lowest BCUT2D eigenvalue weighted by atomic mass is 9.92. The zero-order valence-corrected chi connectivity index (χ0v) is 12.9. The number of carbonyl (C=O) groups is 1. The first-order valence-electron chi connectivity index (χ1n) is 7.85. The number of carbonyl (C=O) groups excluding carboxylic acids is 1. The molecule has 0 spiro atoms. The van der Waals surface area contributed by atoms with E-state index in [1.165, 1.54) is 5.56 Å². The molecule has 0 saturated carbocycles. The lowest BCUT2D eigenvalue weighted by Gasteiger charge is -2.27. The van der Waals surface area contributed by atoms with Gasteiger partial charge in [0.2, 0.25) is 0 Å². The second-order valence-electron chi connectivity index (χ2n) is 5.81. The summed E-state index contributed by atoms with van der Waals surface area (Å²) >= 11 is 0. The Balaban J connectivity index is 1.70. The van der Waals surface area contributed by atoms with Crippen molar-refractivity contribution in [3.63, 3.8) is 0 Å². The third-order valence-electron chi connectivity index (χ3n) is 4.07. The molecule has 4 nitrogen and oxygen atoms in total. The molecule has 2 rings (SSSR count). The number of cyclic esters (lactones) is 1. The smallest absolute Gasteiger partial charge is 0.306 e. The molecule has 0 aliphatic carbocycles. The molecule has 0 aromatic heterocycles. The fraction of sp³-hybridized carbons (Fsp3) is 0.444. The molecule has 1 aromatic rings. The molecule has 2 unspecified atom stereocenters. The van der Waals surface area contributed by atoms with Gasteiger partial charge in [0, 0.05) is 0 Å². The Morgan fingerprint density at radius 2 is 2.09 bits per heavy atom. The number of nitrogens with two attached hydrogens (primary N) is 1. The molecule has 22 heavy (non-hydrogen) atoms. The average Bonchev–Trinajstić information content (AvgIpc) is 2.53. The van der Waals surface area contributed by atoms with Gasteiger partial charge in [0.25, 0.3) is 0 Å². The molecular formula is C18H24N2O2. The summed E-state index contributed by atoms with van der Waals surface area (Å²) in [5.41, 5.74) is 2.31. The number of allylic oxidation sites excluding steroid dienone is 1. The molecule has 2 N–H and O–H groups in total. The monoisotopic (exact) mass is 300 g/mol. The number of aryl methyl sites for hydroxylation is 1. The summed E-state index contributed by atoms with van der Waals surface area (Å²) in [5, 5.41) is 3.51. The Morgan fingerprint density at radius 3 is 2.77 bits per heavy atom. The van der Waals surface area contributed by atoms with Gasteiger partial charge in [-0.25, -0.2) is 0 Å². The van der Waals surface area contributed by atoms with E-state index in [0.717, 1.165) is 37.7 Å². The van der Waals surface area contributed by atoms with Crippen LogP contribution in [0.3, 0.4) is 0 Å². The Bertz CT molecular complexity index is 522. The molecule has 1 aliphatic rings. The Morgan fingerprint density at radius 1 is 1.32 bits per heavy atom. The van der Waals surface area contributed by atoms with Crippen LogP contribution in [0.15, 0.2) is 42.0 Å². The quantitative estimate of drug-likeness (QED) is 0.210. The number of rotatable bonds is 7. The summed E-state index contributed by atoms with van der Waals surface area (Å²) in [6.07, 6.45) is 9.11. The Kier molecular flexibility index (Phi) is 6.19. The summed E-state index contributed by atoms with van der Waals surface area (Å²) in [5.74, 6) is 5.32. The molecule has 0 amide bonds. The van der Waals surface area contributed by atoms with Crippen molar-refractivity contribution in [3.05, 3.63) is 48.0 Å². The first kappa shape index (κ1) is 16.3. The molecule has 2 atom stereocenters. The second kappa shape index (κ2) is 8.37. The molecule has 0 radical (unpaired) electrons. The SMILES string of the molecule is C=CC1CC(=O)OC(CCCCc2ccc(C=NN)cc2)C1. The molecule has 118 valence electrons. The predicted molar refractivity (Wildman–Crippen MR) is 88.6 cm³/mol. The standard InChI is InChI=1S/C18H24N2O2/c1-2-14-11-17(22-18(21)12-14)6-4-3-5-15-7-9-16(10-8-15)13-20-19/h2,7-10,13-14,17H,1,3-6,11-12,19H2. The number of hydrazone groups is 1. The van der Waals surface area contributed by atoms with Gasteiger partial charge in [-0.3, -0.25) is 4.79 Å². The first-order valence-corrected chi connectivity index (χ1v) is 7.85. The van der Waals surface area contributed by atoms with Gasteiger partial charge in [-0.2, -0.15) is 5.10 Å². The van der Waals surface area contributed by atoms with Crippen molar-refractivity contribution in [1.82, 2.24) is 0 Å². The van der Waals surface area contributed by atoms with Crippen molar-refractivity contribution in [1.29, 1.82) is 0 Å². The predicted octanol–water partition coefficient (Wildman–Crippen LogP) is 3.20. The zero-order valence-electron chi connectivity index (χ0n) is 12.9. The summed E-state index contributed by atoms with van der Waals surface area (Å²) < 4.78 is 5.40. The van der Waals surface area contributed by atoms with E-state index in [1.54, 1.807) is 6.21 Å². The van der Waals surface area contributed by atoms with Crippen molar-refractivity contribution >= 4 is 12.2 Å². The minimum Gasteiger partial charge on any atom is -0.462 e. The Hall–Kier alpha value is -2.10. The van der Waals surface area contributed by atoms with Crippen LogP contribution < -0.4 is 5.84 Å². The van der Waals surface area contributed by atoms with E-state index in [4.69, 9.17) is 10.6 Å². The van der Waals surface area contributed by atoms with E-state index >= 15 is 0 Å². The number of hydrogen-bond donors (Lipinski definition) is 1. The van der Waals surface area contributed by atoms with Gasteiger partial charge in [0.05, 0.1) is 12.6 Å². The summed E-state index contributed by atoms with van der Waals surface area (Å²) in [6.45, 7) is 3.78. The highest BCUT2D eigenvalue weighted by molar-refractivity contribution is 5.79. The van der Waals surface area contributed by atoms with Crippen LogP contribution in [0.4, 0.5) is 0 Å². The number of esters is 1. The minimum atomic E-state index is -0.0849. The van der Waals surface area contributed by atoms with Crippen molar-refractivity contribution in [2.45, 2.75) is 44.6 Å². The molecule has 1 aliphatic heterocycles. The maximum absolute atomic E-state index is 11.5. The molecule has 0 bridgehead atoms. The van der Waals surface area contributed by atoms with Crippen LogP contribution in [0.5, 0.6) is 0 Å². The molecule has 4 heteroatoms. The summed E-state index contributed by atoms with van der Waals surface area (Å²) in [6, 6.07) is 8.24. The van der Waals surface area contributed by atoms with Crippen molar-refractivity contribution in [2.24, 2.45) is 16.9 Å². The van der Waals surface area contributed by atoms with E-state index in [0.29, 0.717) is 6.42 Å². The molecule has 1 aromatic carbocycles. The van der Waals surface area contributed by atoms with Gasteiger partial charge in [-0.05, 0) is 49.1 Å². The van der Waals surface area contributed by atoms with Crippen molar-refractivity contribution in [3.8, 4) is 0 Å². The van der Waals surface area contributed by atoms with Gasteiger partial charge in [0.1, 0.15) is 6.10 Å². The van der Waals surface area contributed by atoms with Crippen LogP contribution in [0, 0.1) is 5.92 Å². The maximum Gasteiger partial charge on any atom is 0.306 e. The van der Waals surface area contributed by atoms with E-state index < -0.39 is 0 Å². The third-order valence-corrected chi connectivity index (χ3v) is 4.07. The summed E-state index contributed by atoms with van der Waals surface area (Å²) in [4.78, 5) is 11.5. The fourth-order valence-electron chi connectivity index (χ4n) is 2.83. The van der Waals surface area contributed by atoms with Gasteiger partial charge >= 0.3 is 5.97 Å². The zero-order chi connectivity index (χ0) is 15.8. The second-order valence-corrected chi connectivity index (χ2v) is 5.81. The van der Waals surface area contributed by atoms with Gasteiger partial charge in [-0.15, -0.1) is 6.58 Å². The normalized spacial score (nSPS) is 21.7. The number of nitrogens with zero attached hydrogens (tertiary/aromatic N) is 1. The summed E-state index contributed by atoms with van der Waals surface area (Å²) in [7, 11) is 0. The lowest BCUT2D eigenvalue weighted by Crippen LogP contribution is -2.28. The highest BCUT2D eigenvalue weighted by atomic mass is 16.5. The van der Waals surface area contributed by atoms with Crippen molar-refractivity contribution < 1.29 is 9.53 Å². The molecule has 1 saturated heterocycles. The van der Waals surface area contributed by atoms with E-state index in [9.17, 15) is 4.79 Å². The Labute approximate surface area is 132 Å².